The monoisotopic (exact) mass is 379 g/mol. The Morgan fingerprint density at radius 3 is 2.68 bits per heavy atom. The second-order valence-electron chi connectivity index (χ2n) is 6.59. The summed E-state index contributed by atoms with van der Waals surface area (Å²) in [5.74, 6) is 2.40. The summed E-state index contributed by atoms with van der Waals surface area (Å²) < 4.78 is 16.0. The minimum Gasteiger partial charge on any atom is -0.497 e. The minimum atomic E-state index is -0.0658. The van der Waals surface area contributed by atoms with E-state index in [1.54, 1.807) is 31.1 Å². The first kappa shape index (κ1) is 18.0. The highest BCUT2D eigenvalue weighted by Gasteiger charge is 2.23. The van der Waals surface area contributed by atoms with Gasteiger partial charge in [0, 0.05) is 24.7 Å². The zero-order valence-corrected chi connectivity index (χ0v) is 15.8. The van der Waals surface area contributed by atoms with Crippen LogP contribution < -0.4 is 14.4 Å². The summed E-state index contributed by atoms with van der Waals surface area (Å²) in [6.07, 6.45) is 1.86. The van der Waals surface area contributed by atoms with E-state index in [2.05, 4.69) is 10.1 Å². The van der Waals surface area contributed by atoms with Crippen molar-refractivity contribution >= 4 is 11.6 Å². The van der Waals surface area contributed by atoms with Gasteiger partial charge in [-0.25, -0.2) is 0 Å². The van der Waals surface area contributed by atoms with Crippen molar-refractivity contribution in [2.45, 2.75) is 19.8 Å². The van der Waals surface area contributed by atoms with Gasteiger partial charge in [0.25, 0.3) is 5.91 Å². The number of nitrogens with zero attached hydrogens (tertiary/aromatic N) is 3. The van der Waals surface area contributed by atoms with Crippen LogP contribution >= 0.6 is 0 Å². The molecule has 0 saturated carbocycles. The van der Waals surface area contributed by atoms with Crippen molar-refractivity contribution in [3.63, 3.8) is 0 Å². The number of ether oxygens (including phenoxy) is 2. The highest BCUT2D eigenvalue weighted by atomic mass is 16.5. The molecule has 0 bridgehead atoms. The standard InChI is InChI=1S/C21H21N3O4/c1-14-22-21(23-28-14)15-5-7-17(8-6-15)27-13-20(25)24-11-3-4-16-12-18(26-2)9-10-19(16)24/h5-10,12H,3-4,11,13H2,1-2H3. The number of amides is 1. The number of fused-ring (bicyclic) bond motifs is 1. The van der Waals surface area contributed by atoms with Gasteiger partial charge >= 0.3 is 0 Å². The molecule has 2 heterocycles. The van der Waals surface area contributed by atoms with Gasteiger partial charge in [-0.05, 0) is 60.9 Å². The Bertz CT molecular complexity index is 982. The Labute approximate surface area is 162 Å². The predicted octanol–water partition coefficient (Wildman–Crippen LogP) is 3.41. The van der Waals surface area contributed by atoms with Crippen LogP contribution in [0.3, 0.4) is 0 Å². The lowest BCUT2D eigenvalue weighted by atomic mass is 10.0. The fourth-order valence-electron chi connectivity index (χ4n) is 3.30. The largest absolute Gasteiger partial charge is 0.497 e. The maximum atomic E-state index is 12.7. The normalized spacial score (nSPS) is 13.1. The van der Waals surface area contributed by atoms with E-state index in [0.717, 1.165) is 35.4 Å². The SMILES string of the molecule is COc1ccc2c(c1)CCCN2C(=O)COc1ccc(-c2noc(C)n2)cc1. The summed E-state index contributed by atoms with van der Waals surface area (Å²) in [6, 6.07) is 13.1. The van der Waals surface area contributed by atoms with Crippen LogP contribution in [0.15, 0.2) is 47.0 Å². The first-order valence-corrected chi connectivity index (χ1v) is 9.15. The lowest BCUT2D eigenvalue weighted by molar-refractivity contribution is -0.120. The molecule has 0 radical (unpaired) electrons. The third-order valence-corrected chi connectivity index (χ3v) is 4.71. The van der Waals surface area contributed by atoms with Crippen molar-refractivity contribution in [1.29, 1.82) is 0 Å². The lowest BCUT2D eigenvalue weighted by Crippen LogP contribution is -2.38. The maximum absolute atomic E-state index is 12.7. The second-order valence-corrected chi connectivity index (χ2v) is 6.59. The number of aromatic nitrogens is 2. The van der Waals surface area contributed by atoms with Gasteiger partial charge in [0.05, 0.1) is 7.11 Å². The third kappa shape index (κ3) is 3.69. The zero-order valence-electron chi connectivity index (χ0n) is 15.8. The van der Waals surface area contributed by atoms with E-state index < -0.39 is 0 Å². The van der Waals surface area contributed by atoms with Crippen LogP contribution in [-0.2, 0) is 11.2 Å². The molecule has 7 nitrogen and oxygen atoms in total. The summed E-state index contributed by atoms with van der Waals surface area (Å²) in [6.45, 7) is 2.41. The predicted molar refractivity (Wildman–Crippen MR) is 104 cm³/mol. The fraction of sp³-hybridized carbons (Fsp3) is 0.286. The zero-order chi connectivity index (χ0) is 19.5. The molecule has 1 aliphatic rings. The molecule has 28 heavy (non-hydrogen) atoms. The molecular formula is C21H21N3O4. The van der Waals surface area contributed by atoms with Gasteiger partial charge in [-0.3, -0.25) is 4.79 Å². The van der Waals surface area contributed by atoms with Crippen LogP contribution in [0.1, 0.15) is 17.9 Å². The molecule has 0 unspecified atom stereocenters. The van der Waals surface area contributed by atoms with Crippen molar-refractivity contribution in [2.75, 3.05) is 25.2 Å². The fourth-order valence-corrected chi connectivity index (χ4v) is 3.30. The minimum absolute atomic E-state index is 0.0217. The average Bonchev–Trinajstić information content (AvgIpc) is 3.17. The number of hydrogen-bond donors (Lipinski definition) is 0. The van der Waals surface area contributed by atoms with Crippen molar-refractivity contribution in [2.24, 2.45) is 0 Å². The Balaban J connectivity index is 1.41. The van der Waals surface area contributed by atoms with Crippen LogP contribution in [0.2, 0.25) is 0 Å². The van der Waals surface area contributed by atoms with E-state index in [0.29, 0.717) is 24.0 Å². The molecular weight excluding hydrogens is 358 g/mol. The second kappa shape index (κ2) is 7.72. The topological polar surface area (TPSA) is 77.7 Å². The molecule has 0 fully saturated rings. The van der Waals surface area contributed by atoms with E-state index >= 15 is 0 Å². The molecule has 1 aliphatic heterocycles. The van der Waals surface area contributed by atoms with Gasteiger partial charge in [0.2, 0.25) is 11.7 Å². The summed E-state index contributed by atoms with van der Waals surface area (Å²) in [7, 11) is 1.65. The van der Waals surface area contributed by atoms with Crippen LogP contribution in [0.4, 0.5) is 5.69 Å². The highest BCUT2D eigenvalue weighted by molar-refractivity contribution is 5.95. The Kier molecular flexibility index (Phi) is 4.97. The Hall–Kier alpha value is -3.35. The number of carbonyl (C=O) groups excluding carboxylic acids is 1. The van der Waals surface area contributed by atoms with Crippen molar-refractivity contribution in [1.82, 2.24) is 10.1 Å². The van der Waals surface area contributed by atoms with Gasteiger partial charge in [0.15, 0.2) is 6.61 Å². The van der Waals surface area contributed by atoms with Gasteiger partial charge in [-0.1, -0.05) is 5.16 Å². The summed E-state index contributed by atoms with van der Waals surface area (Å²) in [5, 5.41) is 3.89. The molecule has 144 valence electrons. The molecule has 1 amide bonds. The van der Waals surface area contributed by atoms with E-state index in [1.165, 1.54) is 0 Å². The van der Waals surface area contributed by atoms with E-state index in [9.17, 15) is 4.79 Å². The van der Waals surface area contributed by atoms with Gasteiger partial charge in [-0.15, -0.1) is 0 Å². The summed E-state index contributed by atoms with van der Waals surface area (Å²) in [5.41, 5.74) is 2.89. The van der Waals surface area contributed by atoms with Gasteiger partial charge < -0.3 is 18.9 Å². The molecule has 1 aromatic heterocycles. The number of anilines is 1. The summed E-state index contributed by atoms with van der Waals surface area (Å²) >= 11 is 0. The van der Waals surface area contributed by atoms with E-state index in [4.69, 9.17) is 14.0 Å². The van der Waals surface area contributed by atoms with Crippen LogP contribution in [0.25, 0.3) is 11.4 Å². The first-order valence-electron chi connectivity index (χ1n) is 9.15. The molecule has 0 aliphatic carbocycles. The third-order valence-electron chi connectivity index (χ3n) is 4.71. The number of rotatable bonds is 5. The highest BCUT2D eigenvalue weighted by Crippen LogP contribution is 2.30. The van der Waals surface area contributed by atoms with Crippen LogP contribution in [-0.4, -0.2) is 36.3 Å². The maximum Gasteiger partial charge on any atom is 0.264 e. The molecule has 3 aromatic rings. The smallest absolute Gasteiger partial charge is 0.264 e. The van der Waals surface area contributed by atoms with Crippen molar-refractivity contribution < 1.29 is 18.8 Å². The number of benzene rings is 2. The molecule has 7 heteroatoms. The molecule has 0 spiro atoms. The number of aryl methyl sites for hydroxylation is 2. The lowest BCUT2D eigenvalue weighted by Gasteiger charge is -2.29. The number of methoxy groups -OCH3 is 1. The number of hydrogen-bond acceptors (Lipinski definition) is 6. The molecule has 4 rings (SSSR count). The van der Waals surface area contributed by atoms with Gasteiger partial charge in [0.1, 0.15) is 11.5 Å². The van der Waals surface area contributed by atoms with E-state index in [-0.39, 0.29) is 12.5 Å². The van der Waals surface area contributed by atoms with Crippen LogP contribution in [0, 0.1) is 6.92 Å². The Morgan fingerprint density at radius 1 is 1.18 bits per heavy atom. The van der Waals surface area contributed by atoms with Gasteiger partial charge in [-0.2, -0.15) is 4.98 Å². The quantitative estimate of drug-likeness (QED) is 0.676. The number of carbonyl (C=O) groups is 1. The molecule has 0 atom stereocenters. The Morgan fingerprint density at radius 2 is 1.96 bits per heavy atom. The molecule has 0 N–H and O–H groups in total. The van der Waals surface area contributed by atoms with Crippen molar-refractivity contribution in [3.8, 4) is 22.9 Å². The average molecular weight is 379 g/mol. The molecule has 0 saturated heterocycles. The molecule has 2 aromatic carbocycles. The van der Waals surface area contributed by atoms with Crippen molar-refractivity contribution in [3.05, 3.63) is 53.9 Å². The van der Waals surface area contributed by atoms with E-state index in [1.807, 2.05) is 30.3 Å². The summed E-state index contributed by atoms with van der Waals surface area (Å²) in [4.78, 5) is 18.7. The van der Waals surface area contributed by atoms with Crippen LogP contribution in [0.5, 0.6) is 11.5 Å². The first-order chi connectivity index (χ1) is 13.6.